The summed E-state index contributed by atoms with van der Waals surface area (Å²) in [5.41, 5.74) is 0. The first-order valence-corrected chi connectivity index (χ1v) is 8.88. The zero-order valence-corrected chi connectivity index (χ0v) is 15.8. The first-order chi connectivity index (χ1) is 13.4. The van der Waals surface area contributed by atoms with Crippen LogP contribution in [0.5, 0.6) is 0 Å². The van der Waals surface area contributed by atoms with E-state index in [1.165, 1.54) is 0 Å². The molecule has 0 aliphatic carbocycles. The Morgan fingerprint density at radius 1 is 0.655 bits per heavy atom. The molecule has 1 heterocycles. The maximum atomic E-state index is 11.1. The Kier molecular flexibility index (Phi) is 15.3. The summed E-state index contributed by atoms with van der Waals surface area (Å²) in [5.74, 6) is -1.94. The number of nitrogens with zero attached hydrogens (tertiary/aromatic N) is 4. The number of carboxylic acid groups (broad SMARTS) is 2. The van der Waals surface area contributed by atoms with E-state index in [9.17, 15) is 19.2 Å². The first-order valence-electron chi connectivity index (χ1n) is 8.88. The van der Waals surface area contributed by atoms with Gasteiger partial charge in [0, 0.05) is 52.4 Å². The van der Waals surface area contributed by atoms with Crippen molar-refractivity contribution in [3.8, 4) is 0 Å². The predicted molar refractivity (Wildman–Crippen MR) is 105 cm³/mol. The monoisotopic (exact) mass is 475 g/mol. The minimum absolute atomic E-state index is 0. The van der Waals surface area contributed by atoms with Crippen molar-refractivity contribution in [1.82, 2.24) is 19.6 Å². The van der Waals surface area contributed by atoms with Gasteiger partial charge in [0.1, 0.15) is 13.5 Å². The van der Waals surface area contributed by atoms with Gasteiger partial charge < -0.3 is 19.7 Å². The third-order valence-electron chi connectivity index (χ3n) is 4.30. The molecule has 0 amide bonds. The molecule has 1 aliphatic heterocycles. The fraction of sp³-hybridized carbons (Fsp3) is 0.750. The molecule has 13 heteroatoms. The van der Waals surface area contributed by atoms with E-state index in [2.05, 4.69) is 0 Å². The van der Waals surface area contributed by atoms with E-state index in [4.69, 9.17) is 19.7 Å². The molecule has 166 valence electrons. The summed E-state index contributed by atoms with van der Waals surface area (Å²) in [5, 5.41) is 18.2. The summed E-state index contributed by atoms with van der Waals surface area (Å²) in [6.07, 6.45) is 0. The molecule has 2 N–H and O–H groups in total. The molecule has 1 aliphatic rings. The Labute approximate surface area is 182 Å². The van der Waals surface area contributed by atoms with Crippen molar-refractivity contribution in [2.45, 2.75) is 0 Å². The van der Waals surface area contributed by atoms with E-state index in [-0.39, 0.29) is 46.3 Å². The van der Waals surface area contributed by atoms with Gasteiger partial charge in [-0.25, -0.2) is 0 Å². The van der Waals surface area contributed by atoms with Gasteiger partial charge in [0.05, 0.1) is 13.1 Å². The van der Waals surface area contributed by atoms with Gasteiger partial charge in [0.2, 0.25) is 0 Å². The standard InChI is InChI=1S/C16H28N4O8.Ga.3H/c21-13-27-11-19-5-3-17(9-15(23)24)1-2-18(10-16(25)26)4-6-20(8-7-19)12-28-14-22;;;;/h13-14H,1-12H2,(H,23,24)(H,25,26);;;;/i;1-2;;;. The average molecular weight is 475 g/mol. The summed E-state index contributed by atoms with van der Waals surface area (Å²) < 4.78 is 9.64. The number of ether oxygens (including phenoxy) is 2. The molecular formula is C16H31GaN4O8. The van der Waals surface area contributed by atoms with Crippen LogP contribution in [0.1, 0.15) is 0 Å². The number of rotatable bonds is 10. The van der Waals surface area contributed by atoms with Crippen LogP contribution in [0.4, 0.5) is 0 Å². The van der Waals surface area contributed by atoms with Gasteiger partial charge in [-0.3, -0.25) is 38.8 Å². The van der Waals surface area contributed by atoms with Crippen LogP contribution >= 0.6 is 0 Å². The second-order valence-electron chi connectivity index (χ2n) is 6.36. The van der Waals surface area contributed by atoms with Crippen LogP contribution < -0.4 is 0 Å². The molecule has 12 nitrogen and oxygen atoms in total. The Balaban J connectivity index is 0.00000784. The molecule has 0 aromatic heterocycles. The molecule has 0 atom stereocenters. The van der Waals surface area contributed by atoms with Gasteiger partial charge >= 0.3 is 31.7 Å². The molecule has 1 saturated heterocycles. The fourth-order valence-electron chi connectivity index (χ4n) is 2.81. The van der Waals surface area contributed by atoms with Gasteiger partial charge in [-0.1, -0.05) is 0 Å². The second kappa shape index (κ2) is 16.2. The van der Waals surface area contributed by atoms with Crippen molar-refractivity contribution in [2.75, 3.05) is 78.9 Å². The summed E-state index contributed by atoms with van der Waals surface area (Å²) in [4.78, 5) is 50.4. The molecule has 1 rings (SSSR count). The van der Waals surface area contributed by atoms with Crippen LogP contribution in [-0.4, -0.2) is 153 Å². The van der Waals surface area contributed by atoms with E-state index < -0.39 is 11.9 Å². The molecule has 1 fully saturated rings. The third-order valence-corrected chi connectivity index (χ3v) is 4.30. The molecule has 0 unspecified atom stereocenters. The third kappa shape index (κ3) is 13.2. The van der Waals surface area contributed by atoms with Crippen LogP contribution in [0, 0.1) is 0 Å². The zero-order chi connectivity index (χ0) is 20.8. The van der Waals surface area contributed by atoms with E-state index in [1.807, 2.05) is 9.80 Å². The van der Waals surface area contributed by atoms with Crippen LogP contribution in [0.3, 0.4) is 0 Å². The molecule has 0 spiro atoms. The quantitative estimate of drug-likeness (QED) is 0.239. The van der Waals surface area contributed by atoms with Crippen molar-refractivity contribution in [3.05, 3.63) is 0 Å². The van der Waals surface area contributed by atoms with E-state index in [0.29, 0.717) is 65.3 Å². The molecular weight excluding hydrogens is 444 g/mol. The molecule has 0 saturated carbocycles. The van der Waals surface area contributed by atoms with Crippen molar-refractivity contribution in [3.63, 3.8) is 0 Å². The number of hydrogen-bond donors (Lipinski definition) is 2. The van der Waals surface area contributed by atoms with E-state index in [0.717, 1.165) is 0 Å². The Bertz CT molecular complexity index is 469. The van der Waals surface area contributed by atoms with Crippen molar-refractivity contribution in [1.29, 1.82) is 0 Å². The molecule has 29 heavy (non-hydrogen) atoms. The van der Waals surface area contributed by atoms with E-state index in [1.54, 1.807) is 9.80 Å². The first kappa shape index (κ1) is 27.4. The number of carbonyl (C=O) groups excluding carboxylic acids is 2. The van der Waals surface area contributed by atoms with Gasteiger partial charge in [0.15, 0.2) is 0 Å². The maximum absolute atomic E-state index is 11.1. The van der Waals surface area contributed by atoms with Crippen LogP contribution in [0.2, 0.25) is 0 Å². The average Bonchev–Trinajstić information content (AvgIpc) is 2.63. The molecule has 0 bridgehead atoms. The Morgan fingerprint density at radius 2 is 0.931 bits per heavy atom. The van der Waals surface area contributed by atoms with Crippen LogP contribution in [0.15, 0.2) is 0 Å². The number of aliphatic carboxylic acids is 2. The SMILES string of the molecule is O=COCN1CCN(COC=O)CCN(CC(=O)O)CCN(CC(=O)O)CC1.[68GaH3]. The Morgan fingerprint density at radius 3 is 1.17 bits per heavy atom. The summed E-state index contributed by atoms with van der Waals surface area (Å²) in [7, 11) is 0. The van der Waals surface area contributed by atoms with Gasteiger partial charge in [0.25, 0.3) is 12.9 Å². The van der Waals surface area contributed by atoms with Crippen LogP contribution in [0.25, 0.3) is 0 Å². The number of carbonyl (C=O) groups is 4. The van der Waals surface area contributed by atoms with Gasteiger partial charge in [-0.15, -0.1) is 0 Å². The number of carboxylic acids is 2. The Hall–Kier alpha value is -1.64. The summed E-state index contributed by atoms with van der Waals surface area (Å²) >= 11 is 0. The van der Waals surface area contributed by atoms with Crippen LogP contribution in [-0.2, 0) is 28.7 Å². The summed E-state index contributed by atoms with van der Waals surface area (Å²) in [6, 6.07) is 0. The molecule has 0 aromatic rings. The zero-order valence-electron chi connectivity index (χ0n) is 15.8. The predicted octanol–water partition coefficient (Wildman–Crippen LogP) is -3.55. The number of hydrogen-bond acceptors (Lipinski definition) is 10. The van der Waals surface area contributed by atoms with E-state index >= 15 is 0 Å². The topological polar surface area (TPSA) is 140 Å². The van der Waals surface area contributed by atoms with Gasteiger partial charge in [-0.05, 0) is 0 Å². The van der Waals surface area contributed by atoms with Crippen molar-refractivity contribution >= 4 is 44.7 Å². The molecule has 0 radical (unpaired) electrons. The minimum atomic E-state index is -0.968. The summed E-state index contributed by atoms with van der Waals surface area (Å²) in [6.45, 7) is 4.02. The van der Waals surface area contributed by atoms with Gasteiger partial charge in [-0.2, -0.15) is 0 Å². The fourth-order valence-corrected chi connectivity index (χ4v) is 2.81. The van der Waals surface area contributed by atoms with Crippen molar-refractivity contribution in [2.24, 2.45) is 0 Å². The second-order valence-corrected chi connectivity index (χ2v) is 6.36. The molecule has 0 aromatic carbocycles. The normalized spacial score (nSPS) is 18.5. The van der Waals surface area contributed by atoms with Crippen molar-refractivity contribution < 1.29 is 38.9 Å².